The van der Waals surface area contributed by atoms with Crippen LogP contribution in [0.25, 0.3) is 11.1 Å². The molecule has 0 fully saturated rings. The fourth-order valence-corrected chi connectivity index (χ4v) is 1.65. The third-order valence-electron chi connectivity index (χ3n) is 2.42. The van der Waals surface area contributed by atoms with Gasteiger partial charge in [0, 0.05) is 5.56 Å². The van der Waals surface area contributed by atoms with Crippen molar-refractivity contribution in [2.45, 2.75) is 13.0 Å². The highest BCUT2D eigenvalue weighted by atomic mass is 19.4. The van der Waals surface area contributed by atoms with Gasteiger partial charge in [-0.05, 0) is 23.8 Å². The van der Waals surface area contributed by atoms with Crippen LogP contribution < -0.4 is 9.47 Å². The Labute approximate surface area is 120 Å². The molecule has 0 spiro atoms. The van der Waals surface area contributed by atoms with Crippen LogP contribution in [0.2, 0.25) is 0 Å². The molecule has 0 saturated carbocycles. The van der Waals surface area contributed by atoms with Gasteiger partial charge in [-0.15, -0.1) is 13.2 Å². The van der Waals surface area contributed by atoms with Crippen molar-refractivity contribution in [3.63, 3.8) is 0 Å². The van der Waals surface area contributed by atoms with Crippen LogP contribution in [0.15, 0.2) is 36.5 Å². The van der Waals surface area contributed by atoms with Crippen molar-refractivity contribution in [1.29, 1.82) is 0 Å². The summed E-state index contributed by atoms with van der Waals surface area (Å²) in [6.07, 6.45) is -4.17. The van der Waals surface area contributed by atoms with Gasteiger partial charge in [0.15, 0.2) is 0 Å². The maximum atomic E-state index is 13.2. The second kappa shape index (κ2) is 6.12. The van der Waals surface area contributed by atoms with E-state index in [9.17, 15) is 26.3 Å². The summed E-state index contributed by atoms with van der Waals surface area (Å²) in [5.74, 6) is -1.86. The molecule has 0 atom stereocenters. The number of hydrogen-bond acceptors (Lipinski definition) is 3. The average molecular weight is 323 g/mol. The summed E-state index contributed by atoms with van der Waals surface area (Å²) in [7, 11) is 0. The molecule has 0 unspecified atom stereocenters. The highest BCUT2D eigenvalue weighted by Gasteiger charge is 2.31. The number of ether oxygens (including phenoxy) is 2. The van der Waals surface area contributed by atoms with Crippen molar-refractivity contribution >= 4 is 0 Å². The molecule has 2 rings (SSSR count). The largest absolute Gasteiger partial charge is 0.573 e. The van der Waals surface area contributed by atoms with E-state index in [0.29, 0.717) is 6.20 Å². The summed E-state index contributed by atoms with van der Waals surface area (Å²) in [5, 5.41) is 0. The summed E-state index contributed by atoms with van der Waals surface area (Å²) < 4.78 is 81.7. The number of aromatic nitrogens is 1. The lowest BCUT2D eigenvalue weighted by atomic mass is 10.1. The van der Waals surface area contributed by atoms with Gasteiger partial charge in [0.1, 0.15) is 11.6 Å². The molecule has 0 N–H and O–H groups in total. The Bertz CT molecular complexity index is 642. The van der Waals surface area contributed by atoms with Crippen molar-refractivity contribution in [3.8, 4) is 22.8 Å². The van der Waals surface area contributed by atoms with E-state index in [0.717, 1.165) is 30.3 Å². The minimum atomic E-state index is -4.86. The molecule has 0 saturated heterocycles. The summed E-state index contributed by atoms with van der Waals surface area (Å²) in [6.45, 7) is -3.18. The molecule has 3 nitrogen and oxygen atoms in total. The van der Waals surface area contributed by atoms with Crippen LogP contribution in [0.5, 0.6) is 11.6 Å². The molecule has 118 valence electrons. The molecule has 0 aliphatic rings. The molecule has 2 aromatic rings. The van der Waals surface area contributed by atoms with E-state index in [-0.39, 0.29) is 11.1 Å². The molecule has 0 aliphatic heterocycles. The first-order valence-corrected chi connectivity index (χ1v) is 5.71. The topological polar surface area (TPSA) is 31.4 Å². The van der Waals surface area contributed by atoms with E-state index in [4.69, 9.17) is 0 Å². The number of halogens is 6. The first kappa shape index (κ1) is 15.9. The fourth-order valence-electron chi connectivity index (χ4n) is 1.65. The van der Waals surface area contributed by atoms with Crippen LogP contribution in [0, 0.1) is 5.82 Å². The van der Waals surface area contributed by atoms with Crippen molar-refractivity contribution in [1.82, 2.24) is 4.98 Å². The van der Waals surface area contributed by atoms with Gasteiger partial charge in [-0.25, -0.2) is 9.37 Å². The van der Waals surface area contributed by atoms with Gasteiger partial charge >= 0.3 is 13.0 Å². The third kappa shape index (κ3) is 4.27. The zero-order chi connectivity index (χ0) is 16.3. The number of pyridine rings is 1. The molecule has 1 aromatic carbocycles. The predicted molar refractivity (Wildman–Crippen MR) is 62.9 cm³/mol. The van der Waals surface area contributed by atoms with Crippen LogP contribution in [0.3, 0.4) is 0 Å². The minimum Gasteiger partial charge on any atom is -0.416 e. The van der Waals surface area contributed by atoms with Gasteiger partial charge in [-0.3, -0.25) is 0 Å². The zero-order valence-corrected chi connectivity index (χ0v) is 10.6. The first-order chi connectivity index (χ1) is 10.2. The third-order valence-corrected chi connectivity index (χ3v) is 2.42. The second-order valence-corrected chi connectivity index (χ2v) is 3.96. The van der Waals surface area contributed by atoms with Crippen molar-refractivity contribution in [2.24, 2.45) is 0 Å². The molecule has 0 bridgehead atoms. The lowest BCUT2D eigenvalue weighted by Crippen LogP contribution is -2.16. The lowest BCUT2D eigenvalue weighted by Gasteiger charge is -2.11. The quantitative estimate of drug-likeness (QED) is 0.782. The monoisotopic (exact) mass is 323 g/mol. The van der Waals surface area contributed by atoms with E-state index in [1.807, 2.05) is 0 Å². The van der Waals surface area contributed by atoms with E-state index >= 15 is 0 Å². The van der Waals surface area contributed by atoms with Gasteiger partial charge in [0.25, 0.3) is 0 Å². The van der Waals surface area contributed by atoms with Crippen molar-refractivity contribution in [2.75, 3.05) is 0 Å². The van der Waals surface area contributed by atoms with E-state index in [1.165, 1.54) is 0 Å². The number of benzene rings is 1. The predicted octanol–water partition coefficient (Wildman–Crippen LogP) is 4.39. The molecule has 9 heteroatoms. The smallest absolute Gasteiger partial charge is 0.416 e. The molecule has 0 radical (unpaired) electrons. The number of alkyl halides is 5. The minimum absolute atomic E-state index is 0.126. The first-order valence-electron chi connectivity index (χ1n) is 5.71. The molecule has 0 aliphatic carbocycles. The fraction of sp³-hybridized carbons (Fsp3) is 0.154. The van der Waals surface area contributed by atoms with Crippen LogP contribution in [-0.4, -0.2) is 18.0 Å². The highest BCUT2D eigenvalue weighted by Crippen LogP contribution is 2.32. The SMILES string of the molecule is Fc1cnc(OC(F)F)c(-c2ccc(OC(F)(F)F)cc2)c1. The normalized spacial score (nSPS) is 11.6. The number of rotatable bonds is 4. The molecule has 0 amide bonds. The van der Waals surface area contributed by atoms with Gasteiger partial charge < -0.3 is 9.47 Å². The molecule has 1 heterocycles. The van der Waals surface area contributed by atoms with Gasteiger partial charge in [-0.2, -0.15) is 8.78 Å². The van der Waals surface area contributed by atoms with E-state index in [1.54, 1.807) is 0 Å². The maximum absolute atomic E-state index is 13.2. The molecular formula is C13H7F6NO2. The van der Waals surface area contributed by atoms with Crippen LogP contribution >= 0.6 is 0 Å². The standard InChI is InChI=1S/C13H7F6NO2/c14-8-5-10(11(20-6-8)21-12(15)16)7-1-3-9(4-2-7)22-13(17,18)19/h1-6,12H. The Morgan fingerprint density at radius 1 is 1.05 bits per heavy atom. The van der Waals surface area contributed by atoms with Crippen LogP contribution in [-0.2, 0) is 0 Å². The zero-order valence-electron chi connectivity index (χ0n) is 10.6. The van der Waals surface area contributed by atoms with Gasteiger partial charge in [-0.1, -0.05) is 12.1 Å². The molecule has 1 aromatic heterocycles. The van der Waals surface area contributed by atoms with Gasteiger partial charge in [0.05, 0.1) is 6.20 Å². The summed E-state index contributed by atoms with van der Waals surface area (Å²) in [5.41, 5.74) is 0.0102. The van der Waals surface area contributed by atoms with Crippen molar-refractivity contribution in [3.05, 3.63) is 42.3 Å². The van der Waals surface area contributed by atoms with E-state index in [2.05, 4.69) is 14.5 Å². The van der Waals surface area contributed by atoms with Crippen molar-refractivity contribution < 1.29 is 35.8 Å². The lowest BCUT2D eigenvalue weighted by molar-refractivity contribution is -0.274. The molecule has 22 heavy (non-hydrogen) atoms. The number of nitrogens with zero attached hydrogens (tertiary/aromatic N) is 1. The summed E-state index contributed by atoms with van der Waals surface area (Å²) in [6, 6.07) is 5.07. The highest BCUT2D eigenvalue weighted by molar-refractivity contribution is 5.69. The Hall–Kier alpha value is -2.45. The summed E-state index contributed by atoms with van der Waals surface area (Å²) in [4.78, 5) is 3.39. The van der Waals surface area contributed by atoms with E-state index < -0.39 is 30.4 Å². The average Bonchev–Trinajstić information content (AvgIpc) is 2.39. The van der Waals surface area contributed by atoms with Gasteiger partial charge in [0.2, 0.25) is 5.88 Å². The molecular weight excluding hydrogens is 316 g/mol. The Balaban J connectivity index is 2.33. The van der Waals surface area contributed by atoms with Crippen LogP contribution in [0.4, 0.5) is 26.3 Å². The second-order valence-electron chi connectivity index (χ2n) is 3.96. The number of hydrogen-bond donors (Lipinski definition) is 0. The Morgan fingerprint density at radius 2 is 1.68 bits per heavy atom. The van der Waals surface area contributed by atoms with Crippen LogP contribution in [0.1, 0.15) is 0 Å². The Kier molecular flexibility index (Phi) is 4.43. The maximum Gasteiger partial charge on any atom is 0.573 e. The summed E-state index contributed by atoms with van der Waals surface area (Å²) >= 11 is 0. The Morgan fingerprint density at radius 3 is 2.23 bits per heavy atom.